The molecule has 80 valence electrons. The van der Waals surface area contributed by atoms with Crippen LogP contribution in [0.25, 0.3) is 0 Å². The van der Waals surface area contributed by atoms with E-state index in [2.05, 4.69) is 34.0 Å². The molecule has 0 atom stereocenters. The zero-order valence-corrected chi connectivity index (χ0v) is 9.50. The maximum atomic E-state index is 3.90. The van der Waals surface area contributed by atoms with Gasteiger partial charge in [-0.3, -0.25) is 4.68 Å². The molecule has 0 aliphatic heterocycles. The lowest BCUT2D eigenvalue weighted by Gasteiger charge is -2.03. The third kappa shape index (κ3) is 2.87. The van der Waals surface area contributed by atoms with Gasteiger partial charge in [0.1, 0.15) is 0 Å². The fourth-order valence-corrected chi connectivity index (χ4v) is 2.21. The second kappa shape index (κ2) is 5.04. The highest BCUT2D eigenvalue weighted by Gasteiger charge is 1.98. The van der Waals surface area contributed by atoms with Crippen LogP contribution in [0.3, 0.4) is 0 Å². The molecule has 2 rings (SSSR count). The first kappa shape index (κ1) is 10.3. The molecule has 2 heterocycles. The maximum Gasteiger partial charge on any atom is 0.0692 e. The first-order valence-corrected chi connectivity index (χ1v) is 5.82. The van der Waals surface area contributed by atoms with Crippen molar-refractivity contribution in [2.75, 3.05) is 6.54 Å². The van der Waals surface area contributed by atoms with Crippen molar-refractivity contribution < 1.29 is 0 Å². The first-order chi connectivity index (χ1) is 7.36. The summed E-state index contributed by atoms with van der Waals surface area (Å²) in [6.45, 7) is 4.87. The third-order valence-corrected chi connectivity index (χ3v) is 3.27. The summed E-state index contributed by atoms with van der Waals surface area (Å²) in [6, 6.07) is 2.15. The van der Waals surface area contributed by atoms with Crippen LogP contribution in [-0.2, 0) is 13.1 Å². The Hall–Kier alpha value is -1.20. The highest BCUT2D eigenvalue weighted by molar-refractivity contribution is 7.10. The zero-order valence-electron chi connectivity index (χ0n) is 8.68. The van der Waals surface area contributed by atoms with E-state index in [1.54, 1.807) is 17.5 Å². The summed E-state index contributed by atoms with van der Waals surface area (Å²) in [4.78, 5) is 1.41. The lowest BCUT2D eigenvalue weighted by molar-refractivity contribution is 0.541. The minimum absolute atomic E-state index is 0.865. The Balaban J connectivity index is 1.70. The van der Waals surface area contributed by atoms with Crippen molar-refractivity contribution >= 4 is 11.3 Å². The summed E-state index contributed by atoms with van der Waals surface area (Å²) < 4.78 is 1.83. The summed E-state index contributed by atoms with van der Waals surface area (Å²) in [5, 5.41) is 13.2. The summed E-state index contributed by atoms with van der Waals surface area (Å²) >= 11 is 1.80. The average molecular weight is 222 g/mol. The van der Waals surface area contributed by atoms with E-state index < -0.39 is 0 Å². The second-order valence-corrected chi connectivity index (χ2v) is 4.37. The Bertz CT molecular complexity index is 393. The van der Waals surface area contributed by atoms with Gasteiger partial charge in [0.25, 0.3) is 0 Å². The normalized spacial score (nSPS) is 10.7. The molecule has 0 saturated heterocycles. The van der Waals surface area contributed by atoms with Crippen LogP contribution in [0, 0.1) is 6.92 Å². The van der Waals surface area contributed by atoms with Crippen molar-refractivity contribution in [1.29, 1.82) is 0 Å². The van der Waals surface area contributed by atoms with Gasteiger partial charge in [0.15, 0.2) is 0 Å². The first-order valence-electron chi connectivity index (χ1n) is 4.94. The Labute approximate surface area is 92.9 Å². The van der Waals surface area contributed by atoms with E-state index in [1.807, 2.05) is 10.9 Å². The van der Waals surface area contributed by atoms with Crippen LogP contribution in [0.15, 0.2) is 23.8 Å². The monoisotopic (exact) mass is 222 g/mol. The zero-order chi connectivity index (χ0) is 10.5. The van der Waals surface area contributed by atoms with Gasteiger partial charge in [-0.15, -0.1) is 16.4 Å². The van der Waals surface area contributed by atoms with Gasteiger partial charge in [-0.1, -0.05) is 5.21 Å². The number of nitrogens with zero attached hydrogens (tertiary/aromatic N) is 3. The summed E-state index contributed by atoms with van der Waals surface area (Å²) in [7, 11) is 0. The number of rotatable bonds is 5. The number of aryl methyl sites for hydroxylation is 1. The van der Waals surface area contributed by atoms with E-state index in [0.29, 0.717) is 0 Å². The lowest BCUT2D eigenvalue weighted by Crippen LogP contribution is -2.19. The summed E-state index contributed by atoms with van der Waals surface area (Å²) in [5.74, 6) is 0. The van der Waals surface area contributed by atoms with Crippen LogP contribution in [-0.4, -0.2) is 21.5 Å². The van der Waals surface area contributed by atoms with E-state index in [0.717, 1.165) is 19.6 Å². The molecular formula is C10H14N4S. The van der Waals surface area contributed by atoms with Gasteiger partial charge in [-0.05, 0) is 23.9 Å². The van der Waals surface area contributed by atoms with E-state index in [4.69, 9.17) is 0 Å². The molecule has 1 N–H and O–H groups in total. The number of thiophene rings is 1. The molecule has 0 aromatic carbocycles. The molecular weight excluding hydrogens is 208 g/mol. The minimum atomic E-state index is 0.865. The van der Waals surface area contributed by atoms with Gasteiger partial charge in [-0.25, -0.2) is 0 Å². The van der Waals surface area contributed by atoms with Crippen LogP contribution < -0.4 is 5.32 Å². The smallest absolute Gasteiger partial charge is 0.0692 e. The quantitative estimate of drug-likeness (QED) is 0.778. The molecule has 0 amide bonds. The van der Waals surface area contributed by atoms with Crippen molar-refractivity contribution in [2.24, 2.45) is 0 Å². The van der Waals surface area contributed by atoms with Crippen molar-refractivity contribution in [3.8, 4) is 0 Å². The van der Waals surface area contributed by atoms with Gasteiger partial charge in [0.2, 0.25) is 0 Å². The van der Waals surface area contributed by atoms with E-state index in [9.17, 15) is 0 Å². The van der Waals surface area contributed by atoms with Gasteiger partial charge in [0, 0.05) is 24.2 Å². The standard InChI is InChI=1S/C10H14N4S/c1-9-2-7-15-10(9)8-11-3-5-14-6-4-12-13-14/h2,4,6-7,11H,3,5,8H2,1H3. The second-order valence-electron chi connectivity index (χ2n) is 3.37. The number of nitrogens with one attached hydrogen (secondary N) is 1. The van der Waals surface area contributed by atoms with E-state index >= 15 is 0 Å². The Kier molecular flexibility index (Phi) is 3.47. The molecule has 0 aliphatic rings. The third-order valence-electron chi connectivity index (χ3n) is 2.24. The number of aromatic nitrogens is 3. The molecule has 15 heavy (non-hydrogen) atoms. The van der Waals surface area contributed by atoms with E-state index in [1.165, 1.54) is 10.4 Å². The molecule has 0 spiro atoms. The molecule has 0 aliphatic carbocycles. The van der Waals surface area contributed by atoms with Gasteiger partial charge in [-0.2, -0.15) is 0 Å². The largest absolute Gasteiger partial charge is 0.310 e. The predicted octanol–water partition coefficient (Wildman–Crippen LogP) is 1.44. The van der Waals surface area contributed by atoms with Crippen LogP contribution in [0.2, 0.25) is 0 Å². The Morgan fingerprint density at radius 2 is 2.47 bits per heavy atom. The summed E-state index contributed by atoms with van der Waals surface area (Å²) in [5.41, 5.74) is 1.37. The van der Waals surface area contributed by atoms with Crippen molar-refractivity contribution in [1.82, 2.24) is 20.3 Å². The summed E-state index contributed by atoms with van der Waals surface area (Å²) in [6.07, 6.45) is 3.57. The molecule has 4 nitrogen and oxygen atoms in total. The van der Waals surface area contributed by atoms with Crippen LogP contribution >= 0.6 is 11.3 Å². The molecule has 0 unspecified atom stereocenters. The molecule has 0 bridgehead atoms. The highest BCUT2D eigenvalue weighted by atomic mass is 32.1. The fourth-order valence-electron chi connectivity index (χ4n) is 1.33. The number of hydrogen-bond donors (Lipinski definition) is 1. The predicted molar refractivity (Wildman–Crippen MR) is 60.8 cm³/mol. The van der Waals surface area contributed by atoms with Crippen molar-refractivity contribution in [3.05, 3.63) is 34.3 Å². The molecule has 2 aromatic heterocycles. The maximum absolute atomic E-state index is 3.90. The minimum Gasteiger partial charge on any atom is -0.310 e. The lowest BCUT2D eigenvalue weighted by atomic mass is 10.3. The molecule has 0 saturated carbocycles. The van der Waals surface area contributed by atoms with Gasteiger partial charge >= 0.3 is 0 Å². The van der Waals surface area contributed by atoms with E-state index in [-0.39, 0.29) is 0 Å². The van der Waals surface area contributed by atoms with Crippen LogP contribution in [0.1, 0.15) is 10.4 Å². The molecule has 2 aromatic rings. The van der Waals surface area contributed by atoms with Gasteiger partial charge < -0.3 is 5.32 Å². The number of hydrogen-bond acceptors (Lipinski definition) is 4. The topological polar surface area (TPSA) is 42.7 Å². The Morgan fingerprint density at radius 3 is 3.13 bits per heavy atom. The highest BCUT2D eigenvalue weighted by Crippen LogP contribution is 2.14. The van der Waals surface area contributed by atoms with Crippen LogP contribution in [0.5, 0.6) is 0 Å². The SMILES string of the molecule is Cc1ccsc1CNCCn1ccnn1. The van der Waals surface area contributed by atoms with Crippen molar-refractivity contribution in [2.45, 2.75) is 20.0 Å². The molecule has 0 radical (unpaired) electrons. The average Bonchev–Trinajstić information content (AvgIpc) is 2.85. The Morgan fingerprint density at radius 1 is 1.53 bits per heavy atom. The van der Waals surface area contributed by atoms with Gasteiger partial charge in [0.05, 0.1) is 12.7 Å². The molecule has 5 heteroatoms. The molecule has 0 fully saturated rings. The van der Waals surface area contributed by atoms with Crippen molar-refractivity contribution in [3.63, 3.8) is 0 Å². The van der Waals surface area contributed by atoms with Crippen LogP contribution in [0.4, 0.5) is 0 Å². The fraction of sp³-hybridized carbons (Fsp3) is 0.400.